The number of carbonyl (C=O) groups excluding carboxylic acids is 1. The standard InChI is InChI=1S/C5H8FNO4S/c1-5(3-12(6,9)10)2-11-4(8)7-5/h2-3H2,1H3,(H,7,8)/t5-/m0/s1. The molecule has 0 radical (unpaired) electrons. The number of ether oxygens (including phenoxy) is 1. The quantitative estimate of drug-likeness (QED) is 0.621. The van der Waals surface area contributed by atoms with Crippen LogP contribution in [0.3, 0.4) is 0 Å². The molecule has 1 saturated heterocycles. The highest BCUT2D eigenvalue weighted by molar-refractivity contribution is 7.86. The van der Waals surface area contributed by atoms with Crippen molar-refractivity contribution in [2.24, 2.45) is 0 Å². The summed E-state index contributed by atoms with van der Waals surface area (Å²) >= 11 is 0. The van der Waals surface area contributed by atoms with Crippen LogP contribution in [0.25, 0.3) is 0 Å². The third-order valence-corrected chi connectivity index (χ3v) is 2.40. The maximum Gasteiger partial charge on any atom is 0.407 e. The van der Waals surface area contributed by atoms with E-state index in [1.165, 1.54) is 6.92 Å². The van der Waals surface area contributed by atoms with Crippen LogP contribution in [0.15, 0.2) is 0 Å². The van der Waals surface area contributed by atoms with E-state index < -0.39 is 27.6 Å². The minimum Gasteiger partial charge on any atom is -0.447 e. The van der Waals surface area contributed by atoms with E-state index >= 15 is 0 Å². The molecular weight excluding hydrogens is 189 g/mol. The van der Waals surface area contributed by atoms with E-state index in [1.807, 2.05) is 0 Å². The second-order valence-corrected chi connectivity index (χ2v) is 4.31. The average Bonchev–Trinajstić information content (AvgIpc) is 2.05. The van der Waals surface area contributed by atoms with E-state index in [0.29, 0.717) is 0 Å². The monoisotopic (exact) mass is 197 g/mol. The molecule has 0 aromatic heterocycles. The Labute approximate surface area is 69.1 Å². The van der Waals surface area contributed by atoms with Crippen molar-refractivity contribution in [3.63, 3.8) is 0 Å². The summed E-state index contributed by atoms with van der Waals surface area (Å²) < 4.78 is 37.1. The number of carbonyl (C=O) groups is 1. The Morgan fingerprint density at radius 2 is 2.33 bits per heavy atom. The summed E-state index contributed by atoms with van der Waals surface area (Å²) in [5, 5.41) is 2.21. The molecule has 5 nitrogen and oxygen atoms in total. The highest BCUT2D eigenvalue weighted by Crippen LogP contribution is 2.15. The topological polar surface area (TPSA) is 72.5 Å². The van der Waals surface area contributed by atoms with Gasteiger partial charge in [-0.3, -0.25) is 0 Å². The number of rotatable bonds is 2. The zero-order valence-electron chi connectivity index (χ0n) is 6.33. The van der Waals surface area contributed by atoms with Gasteiger partial charge in [0.25, 0.3) is 0 Å². The largest absolute Gasteiger partial charge is 0.447 e. The van der Waals surface area contributed by atoms with Gasteiger partial charge >= 0.3 is 16.3 Å². The summed E-state index contributed by atoms with van der Waals surface area (Å²) in [6.07, 6.45) is -0.721. The van der Waals surface area contributed by atoms with Gasteiger partial charge in [-0.25, -0.2) is 4.79 Å². The number of alkyl carbamates (subject to hydrolysis) is 1. The van der Waals surface area contributed by atoms with Gasteiger partial charge < -0.3 is 10.1 Å². The SMILES string of the molecule is C[C@@]1(CS(=O)(=O)F)COC(=O)N1. The Hall–Kier alpha value is -0.850. The highest BCUT2D eigenvalue weighted by Gasteiger charge is 2.39. The van der Waals surface area contributed by atoms with Crippen LogP contribution in [0.5, 0.6) is 0 Å². The van der Waals surface area contributed by atoms with Crippen LogP contribution < -0.4 is 5.32 Å². The van der Waals surface area contributed by atoms with E-state index in [0.717, 1.165) is 0 Å². The number of halogens is 1. The van der Waals surface area contributed by atoms with Crippen LogP contribution in [-0.4, -0.2) is 32.4 Å². The van der Waals surface area contributed by atoms with Crippen LogP contribution in [-0.2, 0) is 15.0 Å². The van der Waals surface area contributed by atoms with E-state index in [1.54, 1.807) is 0 Å². The molecule has 1 fully saturated rings. The lowest BCUT2D eigenvalue weighted by atomic mass is 10.1. The normalized spacial score (nSPS) is 29.7. The Morgan fingerprint density at radius 3 is 2.67 bits per heavy atom. The molecule has 1 amide bonds. The van der Waals surface area contributed by atoms with Crippen molar-refractivity contribution < 1.29 is 21.8 Å². The lowest BCUT2D eigenvalue weighted by Gasteiger charge is -2.17. The van der Waals surface area contributed by atoms with Crippen molar-refractivity contribution in [3.8, 4) is 0 Å². The summed E-state index contributed by atoms with van der Waals surface area (Å²) in [6.45, 7) is 1.27. The zero-order valence-corrected chi connectivity index (χ0v) is 7.15. The number of cyclic esters (lactones) is 1. The summed E-state index contributed by atoms with van der Waals surface area (Å²) in [6, 6.07) is 0. The number of nitrogens with one attached hydrogen (secondary N) is 1. The molecule has 1 aliphatic heterocycles. The molecule has 0 spiro atoms. The summed E-state index contributed by atoms with van der Waals surface area (Å²) in [7, 11) is -4.58. The molecule has 0 aliphatic carbocycles. The van der Waals surface area contributed by atoms with Crippen molar-refractivity contribution in [2.45, 2.75) is 12.5 Å². The highest BCUT2D eigenvalue weighted by atomic mass is 32.3. The maximum absolute atomic E-state index is 12.2. The van der Waals surface area contributed by atoms with Gasteiger partial charge in [-0.2, -0.15) is 8.42 Å². The molecule has 7 heteroatoms. The first-order chi connectivity index (χ1) is 5.31. The van der Waals surface area contributed by atoms with Crippen molar-refractivity contribution in [3.05, 3.63) is 0 Å². The zero-order chi connectivity index (χ0) is 9.41. The van der Waals surface area contributed by atoms with Gasteiger partial charge in [0.05, 0.1) is 5.54 Å². The van der Waals surface area contributed by atoms with Crippen molar-refractivity contribution >= 4 is 16.3 Å². The first-order valence-corrected chi connectivity index (χ1v) is 4.73. The van der Waals surface area contributed by atoms with Crippen LogP contribution in [0.4, 0.5) is 8.68 Å². The fraction of sp³-hybridized carbons (Fsp3) is 0.800. The van der Waals surface area contributed by atoms with Gasteiger partial charge in [-0.05, 0) is 6.92 Å². The fourth-order valence-corrected chi connectivity index (χ4v) is 1.92. The van der Waals surface area contributed by atoms with Crippen molar-refractivity contribution in [1.29, 1.82) is 0 Å². The first kappa shape index (κ1) is 9.24. The molecule has 1 atom stereocenters. The van der Waals surface area contributed by atoms with Gasteiger partial charge in [0, 0.05) is 0 Å². The average molecular weight is 197 g/mol. The Morgan fingerprint density at radius 1 is 1.75 bits per heavy atom. The first-order valence-electron chi connectivity index (χ1n) is 3.18. The van der Waals surface area contributed by atoms with E-state index in [-0.39, 0.29) is 6.61 Å². The Balaban J connectivity index is 2.69. The molecule has 12 heavy (non-hydrogen) atoms. The van der Waals surface area contributed by atoms with E-state index in [4.69, 9.17) is 0 Å². The molecule has 0 bridgehead atoms. The number of hydrogen-bond donors (Lipinski definition) is 1. The van der Waals surface area contributed by atoms with Crippen LogP contribution in [0.2, 0.25) is 0 Å². The van der Waals surface area contributed by atoms with Crippen molar-refractivity contribution in [2.75, 3.05) is 12.4 Å². The van der Waals surface area contributed by atoms with Crippen LogP contribution in [0, 0.1) is 0 Å². The second kappa shape index (κ2) is 2.58. The van der Waals surface area contributed by atoms with Crippen LogP contribution >= 0.6 is 0 Å². The molecule has 0 unspecified atom stereocenters. The predicted octanol–water partition coefficient (Wildman–Crippen LogP) is -0.216. The van der Waals surface area contributed by atoms with E-state index in [2.05, 4.69) is 10.1 Å². The summed E-state index contributed by atoms with van der Waals surface area (Å²) in [5.74, 6) is -0.758. The maximum atomic E-state index is 12.2. The van der Waals surface area contributed by atoms with Crippen LogP contribution in [0.1, 0.15) is 6.92 Å². The summed E-state index contributed by atoms with van der Waals surface area (Å²) in [4.78, 5) is 10.5. The minimum atomic E-state index is -4.58. The molecule has 1 rings (SSSR count). The molecule has 1 heterocycles. The number of hydrogen-bond acceptors (Lipinski definition) is 4. The molecule has 0 aromatic carbocycles. The van der Waals surface area contributed by atoms with Crippen molar-refractivity contribution in [1.82, 2.24) is 5.32 Å². The molecule has 0 aromatic rings. The Kier molecular flexibility index (Phi) is 1.99. The third-order valence-electron chi connectivity index (χ3n) is 1.42. The fourth-order valence-electron chi connectivity index (χ4n) is 1.00. The van der Waals surface area contributed by atoms with E-state index in [9.17, 15) is 17.1 Å². The minimum absolute atomic E-state index is 0.130. The third kappa shape index (κ3) is 2.33. The van der Waals surface area contributed by atoms with Gasteiger partial charge in [0.2, 0.25) is 0 Å². The lowest BCUT2D eigenvalue weighted by molar-refractivity contribution is 0.174. The molecule has 0 saturated carbocycles. The van der Waals surface area contributed by atoms with Gasteiger partial charge in [0.15, 0.2) is 0 Å². The van der Waals surface area contributed by atoms with Gasteiger partial charge in [-0.1, -0.05) is 0 Å². The lowest BCUT2D eigenvalue weighted by Crippen LogP contribution is -2.45. The molecular formula is C5H8FNO4S. The van der Waals surface area contributed by atoms with Gasteiger partial charge in [-0.15, -0.1) is 3.89 Å². The number of amides is 1. The molecule has 70 valence electrons. The Bertz CT molecular complexity index is 301. The second-order valence-electron chi connectivity index (χ2n) is 2.94. The summed E-state index contributed by atoms with van der Waals surface area (Å²) in [5.41, 5.74) is -1.13. The predicted molar refractivity (Wildman–Crippen MR) is 37.8 cm³/mol. The molecule has 1 aliphatic rings. The smallest absolute Gasteiger partial charge is 0.407 e. The van der Waals surface area contributed by atoms with Gasteiger partial charge in [0.1, 0.15) is 12.4 Å². The molecule has 1 N–H and O–H groups in total.